The molecule has 126 valence electrons. The van der Waals surface area contributed by atoms with Crippen molar-refractivity contribution in [1.82, 2.24) is 10.2 Å². The Bertz CT molecular complexity index is 685. The summed E-state index contributed by atoms with van der Waals surface area (Å²) in [5.74, 6) is 0.808. The van der Waals surface area contributed by atoms with Crippen LogP contribution in [0.1, 0.15) is 17.2 Å². The molecular formula is C20H24N2O2. The summed E-state index contributed by atoms with van der Waals surface area (Å²) in [6.45, 7) is 1.20. The second kappa shape index (κ2) is 7.49. The third kappa shape index (κ3) is 3.95. The van der Waals surface area contributed by atoms with Crippen molar-refractivity contribution in [2.24, 2.45) is 5.92 Å². The van der Waals surface area contributed by atoms with E-state index in [0.29, 0.717) is 6.61 Å². The smallest absolute Gasteiger partial charge is 0.227 e. The Kier molecular flexibility index (Phi) is 5.16. The van der Waals surface area contributed by atoms with Gasteiger partial charge in [0.1, 0.15) is 12.4 Å². The Morgan fingerprint density at radius 1 is 1.17 bits per heavy atom. The number of carbonyl (C=O) groups is 1. The molecule has 0 radical (unpaired) electrons. The van der Waals surface area contributed by atoms with Crippen LogP contribution in [0.15, 0.2) is 54.6 Å². The Morgan fingerprint density at radius 3 is 2.62 bits per heavy atom. The Labute approximate surface area is 143 Å². The molecule has 4 heteroatoms. The third-order valence-electron chi connectivity index (χ3n) is 4.32. The average Bonchev–Trinajstić information content (AvgIpc) is 2.61. The van der Waals surface area contributed by atoms with Crippen LogP contribution < -0.4 is 10.1 Å². The molecule has 1 aliphatic heterocycles. The summed E-state index contributed by atoms with van der Waals surface area (Å²) >= 11 is 0. The number of para-hydroxylation sites is 1. The predicted molar refractivity (Wildman–Crippen MR) is 95.0 cm³/mol. The van der Waals surface area contributed by atoms with E-state index in [0.717, 1.165) is 29.8 Å². The van der Waals surface area contributed by atoms with Gasteiger partial charge in [0.25, 0.3) is 0 Å². The molecule has 3 rings (SSSR count). The number of likely N-dealkylation sites (N-methyl/N-ethyl adjacent to an activating group) is 1. The van der Waals surface area contributed by atoms with Crippen LogP contribution in [0.25, 0.3) is 0 Å². The minimum atomic E-state index is -0.145. The molecule has 0 aromatic heterocycles. The van der Waals surface area contributed by atoms with Crippen LogP contribution in [0.4, 0.5) is 0 Å². The number of ether oxygens (including phenoxy) is 1. The Balaban J connectivity index is 1.70. The molecular weight excluding hydrogens is 300 g/mol. The van der Waals surface area contributed by atoms with E-state index in [1.54, 1.807) is 0 Å². The van der Waals surface area contributed by atoms with Crippen LogP contribution in [0.3, 0.4) is 0 Å². The van der Waals surface area contributed by atoms with Gasteiger partial charge in [-0.1, -0.05) is 48.5 Å². The molecule has 0 unspecified atom stereocenters. The lowest BCUT2D eigenvalue weighted by molar-refractivity contribution is -0.127. The molecule has 1 aliphatic rings. The van der Waals surface area contributed by atoms with Gasteiger partial charge in [-0.3, -0.25) is 4.79 Å². The van der Waals surface area contributed by atoms with Gasteiger partial charge in [0.05, 0.1) is 12.0 Å². The fraction of sp³-hybridized carbons (Fsp3) is 0.350. The fourth-order valence-corrected chi connectivity index (χ4v) is 3.07. The lowest BCUT2D eigenvalue weighted by atomic mass is 9.95. The first-order valence-electron chi connectivity index (χ1n) is 8.34. The molecule has 0 saturated carbocycles. The standard InChI is InChI=1S/C20H24N2O2/c1-22(2)13-18(15-8-4-3-5-9-15)21-20(23)17-12-16-10-6-7-11-19(16)24-14-17/h3-11,17-18H,12-14H2,1-2H3,(H,21,23)/t17-,18+/m1/s1. The SMILES string of the molecule is CN(C)C[C@H](NC(=O)[C@H]1COc2ccccc2C1)c1ccccc1. The first kappa shape index (κ1) is 16.5. The number of amides is 1. The fourth-order valence-electron chi connectivity index (χ4n) is 3.07. The van der Waals surface area contributed by atoms with Crippen LogP contribution in [0.5, 0.6) is 5.75 Å². The molecule has 2 atom stereocenters. The highest BCUT2D eigenvalue weighted by atomic mass is 16.5. The molecule has 4 nitrogen and oxygen atoms in total. The van der Waals surface area contributed by atoms with Gasteiger partial charge in [-0.2, -0.15) is 0 Å². The molecule has 0 saturated heterocycles. The van der Waals surface area contributed by atoms with E-state index in [4.69, 9.17) is 4.74 Å². The molecule has 0 aliphatic carbocycles. The summed E-state index contributed by atoms with van der Waals surface area (Å²) in [7, 11) is 4.03. The predicted octanol–water partition coefficient (Wildman–Crippen LogP) is 2.66. The molecule has 0 spiro atoms. The number of nitrogens with zero attached hydrogens (tertiary/aromatic N) is 1. The molecule has 1 amide bonds. The second-order valence-corrected chi connectivity index (χ2v) is 6.55. The molecule has 0 fully saturated rings. The number of rotatable bonds is 5. The van der Waals surface area contributed by atoms with Crippen LogP contribution in [0.2, 0.25) is 0 Å². The van der Waals surface area contributed by atoms with Gasteiger partial charge < -0.3 is 15.0 Å². The minimum Gasteiger partial charge on any atom is -0.492 e. The van der Waals surface area contributed by atoms with E-state index in [-0.39, 0.29) is 17.9 Å². The van der Waals surface area contributed by atoms with Crippen molar-refractivity contribution < 1.29 is 9.53 Å². The van der Waals surface area contributed by atoms with Crippen LogP contribution in [-0.2, 0) is 11.2 Å². The van der Waals surface area contributed by atoms with E-state index in [1.807, 2.05) is 56.6 Å². The number of nitrogens with one attached hydrogen (secondary N) is 1. The lowest BCUT2D eigenvalue weighted by Gasteiger charge is -2.28. The highest BCUT2D eigenvalue weighted by molar-refractivity contribution is 5.80. The van der Waals surface area contributed by atoms with Crippen molar-refractivity contribution in [2.45, 2.75) is 12.5 Å². The zero-order chi connectivity index (χ0) is 16.9. The van der Waals surface area contributed by atoms with Crippen molar-refractivity contribution in [3.05, 3.63) is 65.7 Å². The average molecular weight is 324 g/mol. The lowest BCUT2D eigenvalue weighted by Crippen LogP contribution is -2.42. The van der Waals surface area contributed by atoms with Crippen molar-refractivity contribution in [2.75, 3.05) is 27.2 Å². The van der Waals surface area contributed by atoms with E-state index in [2.05, 4.69) is 22.3 Å². The summed E-state index contributed by atoms with van der Waals surface area (Å²) in [5, 5.41) is 3.20. The Hall–Kier alpha value is -2.33. The molecule has 0 bridgehead atoms. The molecule has 2 aromatic carbocycles. The maximum atomic E-state index is 12.8. The maximum Gasteiger partial charge on any atom is 0.227 e. The highest BCUT2D eigenvalue weighted by Gasteiger charge is 2.27. The van der Waals surface area contributed by atoms with Crippen molar-refractivity contribution >= 4 is 5.91 Å². The molecule has 1 heterocycles. The largest absolute Gasteiger partial charge is 0.492 e. The van der Waals surface area contributed by atoms with Gasteiger partial charge in [-0.05, 0) is 37.7 Å². The molecule has 24 heavy (non-hydrogen) atoms. The van der Waals surface area contributed by atoms with Crippen LogP contribution in [0, 0.1) is 5.92 Å². The number of benzene rings is 2. The number of fused-ring (bicyclic) bond motifs is 1. The van der Waals surface area contributed by atoms with Crippen molar-refractivity contribution in [3.8, 4) is 5.75 Å². The number of hydrogen-bond acceptors (Lipinski definition) is 3. The van der Waals surface area contributed by atoms with E-state index < -0.39 is 0 Å². The minimum absolute atomic E-state index is 0.0223. The van der Waals surface area contributed by atoms with Crippen molar-refractivity contribution in [3.63, 3.8) is 0 Å². The van der Waals surface area contributed by atoms with Crippen molar-refractivity contribution in [1.29, 1.82) is 0 Å². The van der Waals surface area contributed by atoms with E-state index >= 15 is 0 Å². The van der Waals surface area contributed by atoms with E-state index in [1.165, 1.54) is 0 Å². The highest BCUT2D eigenvalue weighted by Crippen LogP contribution is 2.27. The van der Waals surface area contributed by atoms with Gasteiger partial charge in [0.2, 0.25) is 5.91 Å². The molecule has 1 N–H and O–H groups in total. The number of carbonyl (C=O) groups excluding carboxylic acids is 1. The van der Waals surface area contributed by atoms with Gasteiger partial charge in [-0.25, -0.2) is 0 Å². The van der Waals surface area contributed by atoms with Gasteiger partial charge >= 0.3 is 0 Å². The van der Waals surface area contributed by atoms with E-state index in [9.17, 15) is 4.79 Å². The van der Waals surface area contributed by atoms with Gasteiger partial charge in [0.15, 0.2) is 0 Å². The van der Waals surface area contributed by atoms with Crippen LogP contribution >= 0.6 is 0 Å². The zero-order valence-corrected chi connectivity index (χ0v) is 14.2. The normalized spacial score (nSPS) is 17.7. The summed E-state index contributed by atoms with van der Waals surface area (Å²) in [5.41, 5.74) is 2.23. The van der Waals surface area contributed by atoms with Crippen LogP contribution in [-0.4, -0.2) is 38.1 Å². The summed E-state index contributed by atoms with van der Waals surface area (Å²) in [6, 6.07) is 18.0. The third-order valence-corrected chi connectivity index (χ3v) is 4.32. The monoisotopic (exact) mass is 324 g/mol. The topological polar surface area (TPSA) is 41.6 Å². The first-order valence-corrected chi connectivity index (χ1v) is 8.34. The summed E-state index contributed by atoms with van der Waals surface area (Å²) in [4.78, 5) is 14.9. The zero-order valence-electron chi connectivity index (χ0n) is 14.2. The van der Waals surface area contributed by atoms with Gasteiger partial charge in [-0.15, -0.1) is 0 Å². The molecule has 2 aromatic rings. The quantitative estimate of drug-likeness (QED) is 0.919. The summed E-state index contributed by atoms with van der Waals surface area (Å²) < 4.78 is 5.75. The Morgan fingerprint density at radius 2 is 1.88 bits per heavy atom. The summed E-state index contributed by atoms with van der Waals surface area (Å²) in [6.07, 6.45) is 0.728. The first-order chi connectivity index (χ1) is 11.6. The second-order valence-electron chi connectivity index (χ2n) is 6.55. The van der Waals surface area contributed by atoms with Gasteiger partial charge in [0, 0.05) is 6.54 Å². The maximum absolute atomic E-state index is 12.8. The number of hydrogen-bond donors (Lipinski definition) is 1.